The molecule has 1 fully saturated rings. The zero-order chi connectivity index (χ0) is 9.68. The van der Waals surface area contributed by atoms with Crippen LogP contribution in [-0.2, 0) is 4.79 Å². The van der Waals surface area contributed by atoms with Crippen molar-refractivity contribution in [3.8, 4) is 0 Å². The molecule has 0 aromatic carbocycles. The molecule has 1 aliphatic heterocycles. The molecule has 3 heteroatoms. The molecule has 1 amide bonds. The van der Waals surface area contributed by atoms with Gasteiger partial charge in [0.2, 0.25) is 5.91 Å². The molecule has 0 aromatic heterocycles. The lowest BCUT2D eigenvalue weighted by molar-refractivity contribution is -0.132. The average Bonchev–Trinajstić information content (AvgIpc) is 2.41. The van der Waals surface area contributed by atoms with E-state index in [0.29, 0.717) is 12.3 Å². The molecule has 0 radical (unpaired) electrons. The van der Waals surface area contributed by atoms with E-state index in [1.54, 1.807) is 0 Å². The lowest BCUT2D eigenvalue weighted by atomic mass is 10.1. The van der Waals surface area contributed by atoms with E-state index in [1.807, 2.05) is 11.8 Å². The monoisotopic (exact) mass is 203 g/mol. The summed E-state index contributed by atoms with van der Waals surface area (Å²) in [6.07, 6.45) is 5.27. The largest absolute Gasteiger partial charge is 0.339 e. The quantitative estimate of drug-likeness (QED) is 0.632. The first-order chi connectivity index (χ1) is 6.29. The van der Waals surface area contributed by atoms with E-state index < -0.39 is 0 Å². The molecule has 1 rings (SSSR count). The Morgan fingerprint density at radius 1 is 1.46 bits per heavy atom. The fourth-order valence-corrected chi connectivity index (χ4v) is 2.19. The fourth-order valence-electron chi connectivity index (χ4n) is 1.87. The summed E-state index contributed by atoms with van der Waals surface area (Å²) in [6.45, 7) is 2.82. The second-order valence-corrected chi connectivity index (χ2v) is 3.91. The summed E-state index contributed by atoms with van der Waals surface area (Å²) in [5.41, 5.74) is 0. The number of rotatable bonds is 2. The summed E-state index contributed by atoms with van der Waals surface area (Å²) in [5, 5.41) is 0. The summed E-state index contributed by atoms with van der Waals surface area (Å²) in [4.78, 5) is 13.5. The summed E-state index contributed by atoms with van der Waals surface area (Å²) in [6, 6.07) is 0.289. The van der Waals surface area contributed by atoms with E-state index in [-0.39, 0.29) is 11.9 Å². The summed E-state index contributed by atoms with van der Waals surface area (Å²) < 4.78 is 0. The number of likely N-dealkylation sites (tertiary alicyclic amines) is 1. The third-order valence-electron chi connectivity index (χ3n) is 2.68. The minimum absolute atomic E-state index is 0.257. The van der Waals surface area contributed by atoms with Crippen molar-refractivity contribution in [2.24, 2.45) is 0 Å². The van der Waals surface area contributed by atoms with Crippen LogP contribution in [0.5, 0.6) is 0 Å². The van der Waals surface area contributed by atoms with Gasteiger partial charge in [-0.15, -0.1) is 11.6 Å². The zero-order valence-electron chi connectivity index (χ0n) is 8.26. The van der Waals surface area contributed by atoms with E-state index in [2.05, 4.69) is 0 Å². The highest BCUT2D eigenvalue weighted by Gasteiger charge is 2.22. The average molecular weight is 204 g/mol. The molecule has 2 nitrogen and oxygen atoms in total. The van der Waals surface area contributed by atoms with Crippen molar-refractivity contribution in [2.45, 2.75) is 45.1 Å². The molecule has 1 saturated heterocycles. The molecular weight excluding hydrogens is 186 g/mol. The highest BCUT2D eigenvalue weighted by atomic mass is 35.5. The van der Waals surface area contributed by atoms with E-state index >= 15 is 0 Å². The normalized spacial score (nSPS) is 24.2. The van der Waals surface area contributed by atoms with Gasteiger partial charge in [0.15, 0.2) is 0 Å². The van der Waals surface area contributed by atoms with Crippen LogP contribution in [0.3, 0.4) is 0 Å². The lowest BCUT2D eigenvalue weighted by Gasteiger charge is -2.28. The third kappa shape index (κ3) is 2.87. The van der Waals surface area contributed by atoms with Crippen molar-refractivity contribution in [3.05, 3.63) is 0 Å². The Bertz CT molecular complexity index is 172. The van der Waals surface area contributed by atoms with Gasteiger partial charge in [0, 0.05) is 24.9 Å². The number of carbonyl (C=O) groups is 1. The summed E-state index contributed by atoms with van der Waals surface area (Å²) in [5.74, 6) is 0.846. The molecule has 1 aliphatic rings. The molecule has 0 aromatic rings. The highest BCUT2D eigenvalue weighted by Crippen LogP contribution is 2.18. The number of carbonyl (C=O) groups excluding carboxylic acids is 1. The predicted octanol–water partition coefficient (Wildman–Crippen LogP) is 2.41. The molecule has 76 valence electrons. The molecule has 13 heavy (non-hydrogen) atoms. The topological polar surface area (TPSA) is 20.3 Å². The maximum atomic E-state index is 11.6. The van der Waals surface area contributed by atoms with Gasteiger partial charge in [-0.2, -0.15) is 0 Å². The van der Waals surface area contributed by atoms with Crippen molar-refractivity contribution in [2.75, 3.05) is 12.4 Å². The Morgan fingerprint density at radius 2 is 2.23 bits per heavy atom. The highest BCUT2D eigenvalue weighted by molar-refractivity contribution is 6.18. The van der Waals surface area contributed by atoms with Crippen LogP contribution in [-0.4, -0.2) is 29.3 Å². The molecule has 1 unspecified atom stereocenters. The van der Waals surface area contributed by atoms with Crippen LogP contribution in [0.15, 0.2) is 0 Å². The Balaban J connectivity index is 2.58. The standard InChI is InChI=1S/C10H18ClNO/c1-2-10(13)12-7-5-3-4-6-9(12)8-11/h9H,2-8H2,1H3. The molecule has 0 spiro atoms. The van der Waals surface area contributed by atoms with E-state index in [1.165, 1.54) is 12.8 Å². The van der Waals surface area contributed by atoms with Gasteiger partial charge in [-0.3, -0.25) is 4.79 Å². The molecular formula is C10H18ClNO. The molecule has 0 N–H and O–H groups in total. The molecule has 0 saturated carbocycles. The number of halogens is 1. The van der Waals surface area contributed by atoms with E-state index in [0.717, 1.165) is 19.4 Å². The van der Waals surface area contributed by atoms with Crippen LogP contribution in [0.2, 0.25) is 0 Å². The predicted molar refractivity (Wildman–Crippen MR) is 55.0 cm³/mol. The Kier molecular flexibility index (Phi) is 4.57. The van der Waals surface area contributed by atoms with Crippen molar-refractivity contribution in [1.82, 2.24) is 4.90 Å². The molecule has 0 bridgehead atoms. The second-order valence-electron chi connectivity index (χ2n) is 3.60. The van der Waals surface area contributed by atoms with Crippen LogP contribution in [0.25, 0.3) is 0 Å². The van der Waals surface area contributed by atoms with Gasteiger partial charge in [0.25, 0.3) is 0 Å². The van der Waals surface area contributed by atoms with Crippen molar-refractivity contribution >= 4 is 17.5 Å². The van der Waals surface area contributed by atoms with Gasteiger partial charge in [0.1, 0.15) is 0 Å². The number of nitrogens with zero attached hydrogens (tertiary/aromatic N) is 1. The van der Waals surface area contributed by atoms with Gasteiger partial charge >= 0.3 is 0 Å². The Morgan fingerprint density at radius 3 is 2.85 bits per heavy atom. The van der Waals surface area contributed by atoms with E-state index in [4.69, 9.17) is 11.6 Å². The van der Waals surface area contributed by atoms with Crippen molar-refractivity contribution in [3.63, 3.8) is 0 Å². The first kappa shape index (κ1) is 10.8. The maximum Gasteiger partial charge on any atom is 0.222 e. The minimum atomic E-state index is 0.257. The first-order valence-electron chi connectivity index (χ1n) is 5.15. The first-order valence-corrected chi connectivity index (χ1v) is 5.68. The molecule has 1 atom stereocenters. The SMILES string of the molecule is CCC(=O)N1CCCCCC1CCl. The van der Waals surface area contributed by atoms with Gasteiger partial charge < -0.3 is 4.90 Å². The van der Waals surface area contributed by atoms with Crippen LogP contribution >= 0.6 is 11.6 Å². The number of hydrogen-bond acceptors (Lipinski definition) is 1. The number of hydrogen-bond donors (Lipinski definition) is 0. The van der Waals surface area contributed by atoms with Gasteiger partial charge in [-0.05, 0) is 12.8 Å². The van der Waals surface area contributed by atoms with Crippen LogP contribution in [0, 0.1) is 0 Å². The third-order valence-corrected chi connectivity index (χ3v) is 3.03. The van der Waals surface area contributed by atoms with Crippen LogP contribution in [0.1, 0.15) is 39.0 Å². The zero-order valence-corrected chi connectivity index (χ0v) is 9.02. The lowest BCUT2D eigenvalue weighted by Crippen LogP contribution is -2.40. The van der Waals surface area contributed by atoms with Crippen molar-refractivity contribution in [1.29, 1.82) is 0 Å². The second kappa shape index (κ2) is 5.48. The minimum Gasteiger partial charge on any atom is -0.339 e. The van der Waals surface area contributed by atoms with Gasteiger partial charge in [0.05, 0.1) is 0 Å². The Hall–Kier alpha value is -0.240. The summed E-state index contributed by atoms with van der Waals surface area (Å²) >= 11 is 5.85. The summed E-state index contributed by atoms with van der Waals surface area (Å²) in [7, 11) is 0. The van der Waals surface area contributed by atoms with Crippen molar-refractivity contribution < 1.29 is 4.79 Å². The fraction of sp³-hybridized carbons (Fsp3) is 0.900. The maximum absolute atomic E-state index is 11.6. The Labute approximate surface area is 85.2 Å². The van der Waals surface area contributed by atoms with Crippen LogP contribution < -0.4 is 0 Å². The number of alkyl halides is 1. The molecule has 1 heterocycles. The van der Waals surface area contributed by atoms with Gasteiger partial charge in [-0.1, -0.05) is 19.8 Å². The van der Waals surface area contributed by atoms with E-state index in [9.17, 15) is 4.79 Å². The molecule has 0 aliphatic carbocycles. The van der Waals surface area contributed by atoms with Crippen LogP contribution in [0.4, 0.5) is 0 Å². The number of amides is 1. The van der Waals surface area contributed by atoms with Gasteiger partial charge in [-0.25, -0.2) is 0 Å². The smallest absolute Gasteiger partial charge is 0.222 e.